The zero-order chi connectivity index (χ0) is 13.7. The number of hydrogen-bond donors (Lipinski definition) is 0. The standard InChI is InChI=1S/C16H17BrO2/c1-3-12-5-4-6-14(9-12)19-11-13-7-8-16(18-2)15(17)10-13/h4-10H,3,11H2,1-2H3. The summed E-state index contributed by atoms with van der Waals surface area (Å²) < 4.78 is 11.9. The maximum atomic E-state index is 5.80. The first kappa shape index (κ1) is 13.9. The smallest absolute Gasteiger partial charge is 0.133 e. The van der Waals surface area contributed by atoms with E-state index in [2.05, 4.69) is 35.0 Å². The van der Waals surface area contributed by atoms with Crippen LogP contribution in [-0.4, -0.2) is 7.11 Å². The zero-order valence-electron chi connectivity index (χ0n) is 11.2. The summed E-state index contributed by atoms with van der Waals surface area (Å²) in [6.07, 6.45) is 1.02. The maximum absolute atomic E-state index is 5.80. The van der Waals surface area contributed by atoms with Crippen LogP contribution in [0.5, 0.6) is 11.5 Å². The zero-order valence-corrected chi connectivity index (χ0v) is 12.7. The molecule has 0 unspecified atom stereocenters. The van der Waals surface area contributed by atoms with Crippen LogP contribution in [0.1, 0.15) is 18.1 Å². The molecule has 0 aliphatic rings. The van der Waals surface area contributed by atoms with E-state index in [1.54, 1.807) is 7.11 Å². The summed E-state index contributed by atoms with van der Waals surface area (Å²) in [5.41, 5.74) is 2.39. The van der Waals surface area contributed by atoms with E-state index in [1.807, 2.05) is 30.3 Å². The number of rotatable bonds is 5. The number of aryl methyl sites for hydroxylation is 1. The molecule has 0 amide bonds. The summed E-state index contributed by atoms with van der Waals surface area (Å²) in [6.45, 7) is 2.69. The van der Waals surface area contributed by atoms with Crippen LogP contribution in [0.2, 0.25) is 0 Å². The lowest BCUT2D eigenvalue weighted by molar-refractivity contribution is 0.305. The molecule has 0 aromatic heterocycles. The van der Waals surface area contributed by atoms with Gasteiger partial charge in [0, 0.05) is 0 Å². The summed E-state index contributed by atoms with van der Waals surface area (Å²) in [6, 6.07) is 14.2. The third-order valence-electron chi connectivity index (χ3n) is 2.93. The van der Waals surface area contributed by atoms with Crippen LogP contribution in [0, 0.1) is 0 Å². The minimum Gasteiger partial charge on any atom is -0.496 e. The Morgan fingerprint density at radius 2 is 1.89 bits per heavy atom. The lowest BCUT2D eigenvalue weighted by Crippen LogP contribution is -1.96. The molecule has 19 heavy (non-hydrogen) atoms. The molecule has 0 saturated carbocycles. The molecule has 3 heteroatoms. The first-order valence-electron chi connectivity index (χ1n) is 6.27. The monoisotopic (exact) mass is 320 g/mol. The Balaban J connectivity index is 2.03. The second-order valence-corrected chi connectivity index (χ2v) is 5.11. The second-order valence-electron chi connectivity index (χ2n) is 4.26. The van der Waals surface area contributed by atoms with Crippen molar-refractivity contribution in [1.82, 2.24) is 0 Å². The van der Waals surface area contributed by atoms with Crippen LogP contribution in [0.3, 0.4) is 0 Å². The molecular formula is C16H17BrO2. The van der Waals surface area contributed by atoms with Crippen molar-refractivity contribution >= 4 is 15.9 Å². The van der Waals surface area contributed by atoms with Crippen molar-refractivity contribution in [1.29, 1.82) is 0 Å². The molecule has 2 aromatic rings. The van der Waals surface area contributed by atoms with Crippen LogP contribution in [0.4, 0.5) is 0 Å². The van der Waals surface area contributed by atoms with Gasteiger partial charge in [-0.3, -0.25) is 0 Å². The molecule has 0 bridgehead atoms. The van der Waals surface area contributed by atoms with Crippen LogP contribution < -0.4 is 9.47 Å². The third-order valence-corrected chi connectivity index (χ3v) is 3.55. The Morgan fingerprint density at radius 1 is 1.05 bits per heavy atom. The molecule has 0 fully saturated rings. The lowest BCUT2D eigenvalue weighted by atomic mass is 10.2. The molecule has 0 atom stereocenters. The molecule has 0 N–H and O–H groups in total. The highest BCUT2D eigenvalue weighted by Gasteiger charge is 2.02. The highest BCUT2D eigenvalue weighted by molar-refractivity contribution is 9.10. The van der Waals surface area contributed by atoms with Gasteiger partial charge in [0.15, 0.2) is 0 Å². The Hall–Kier alpha value is -1.48. The predicted octanol–water partition coefficient (Wildman–Crippen LogP) is 4.60. The van der Waals surface area contributed by atoms with Gasteiger partial charge in [0.05, 0.1) is 11.6 Å². The lowest BCUT2D eigenvalue weighted by Gasteiger charge is -2.09. The number of ether oxygens (including phenoxy) is 2. The van der Waals surface area contributed by atoms with E-state index in [0.717, 1.165) is 28.0 Å². The number of methoxy groups -OCH3 is 1. The fourth-order valence-electron chi connectivity index (χ4n) is 1.82. The van der Waals surface area contributed by atoms with E-state index in [4.69, 9.17) is 9.47 Å². The van der Waals surface area contributed by atoms with E-state index in [9.17, 15) is 0 Å². The molecule has 0 spiro atoms. The van der Waals surface area contributed by atoms with Crippen molar-refractivity contribution in [2.45, 2.75) is 20.0 Å². The van der Waals surface area contributed by atoms with Gasteiger partial charge >= 0.3 is 0 Å². The summed E-state index contributed by atoms with van der Waals surface area (Å²) in [4.78, 5) is 0. The van der Waals surface area contributed by atoms with Gasteiger partial charge in [0.2, 0.25) is 0 Å². The van der Waals surface area contributed by atoms with Gasteiger partial charge in [0.1, 0.15) is 18.1 Å². The summed E-state index contributed by atoms with van der Waals surface area (Å²) in [5, 5.41) is 0. The van der Waals surface area contributed by atoms with Crippen molar-refractivity contribution < 1.29 is 9.47 Å². The average Bonchev–Trinajstić information content (AvgIpc) is 2.45. The SMILES string of the molecule is CCc1cccc(OCc2ccc(OC)c(Br)c2)c1. The van der Waals surface area contributed by atoms with E-state index < -0.39 is 0 Å². The molecule has 0 heterocycles. The van der Waals surface area contributed by atoms with Crippen LogP contribution in [0.25, 0.3) is 0 Å². The number of halogens is 1. The predicted molar refractivity (Wildman–Crippen MR) is 80.8 cm³/mol. The van der Waals surface area contributed by atoms with Crippen molar-refractivity contribution in [3.8, 4) is 11.5 Å². The van der Waals surface area contributed by atoms with Gasteiger partial charge in [-0.25, -0.2) is 0 Å². The highest BCUT2D eigenvalue weighted by atomic mass is 79.9. The summed E-state index contributed by atoms with van der Waals surface area (Å²) in [5.74, 6) is 1.74. The highest BCUT2D eigenvalue weighted by Crippen LogP contribution is 2.26. The van der Waals surface area contributed by atoms with Crippen molar-refractivity contribution in [3.63, 3.8) is 0 Å². The molecule has 0 radical (unpaired) electrons. The molecule has 100 valence electrons. The Morgan fingerprint density at radius 3 is 2.58 bits per heavy atom. The molecule has 0 saturated heterocycles. The molecule has 0 aliphatic heterocycles. The largest absolute Gasteiger partial charge is 0.496 e. The van der Waals surface area contributed by atoms with Gasteiger partial charge in [-0.1, -0.05) is 25.1 Å². The minimum atomic E-state index is 0.551. The van der Waals surface area contributed by atoms with E-state index in [0.29, 0.717) is 6.61 Å². The fourth-order valence-corrected chi connectivity index (χ4v) is 2.41. The third kappa shape index (κ3) is 3.74. The van der Waals surface area contributed by atoms with Gasteiger partial charge < -0.3 is 9.47 Å². The average molecular weight is 321 g/mol. The first-order valence-corrected chi connectivity index (χ1v) is 7.06. The topological polar surface area (TPSA) is 18.5 Å². The second kappa shape index (κ2) is 6.62. The molecule has 0 aliphatic carbocycles. The molecule has 2 rings (SSSR count). The van der Waals surface area contributed by atoms with Gasteiger partial charge in [-0.2, -0.15) is 0 Å². The minimum absolute atomic E-state index is 0.551. The van der Waals surface area contributed by atoms with Gasteiger partial charge in [-0.05, 0) is 57.7 Å². The number of benzene rings is 2. The van der Waals surface area contributed by atoms with Gasteiger partial charge in [0.25, 0.3) is 0 Å². The Labute approximate surface area is 122 Å². The van der Waals surface area contributed by atoms with Crippen molar-refractivity contribution in [3.05, 3.63) is 58.1 Å². The maximum Gasteiger partial charge on any atom is 0.133 e. The van der Waals surface area contributed by atoms with E-state index >= 15 is 0 Å². The van der Waals surface area contributed by atoms with E-state index in [1.165, 1.54) is 5.56 Å². The van der Waals surface area contributed by atoms with Crippen molar-refractivity contribution in [2.75, 3.05) is 7.11 Å². The molecule has 2 nitrogen and oxygen atoms in total. The molecular weight excluding hydrogens is 304 g/mol. The van der Waals surface area contributed by atoms with Crippen LogP contribution in [0.15, 0.2) is 46.9 Å². The van der Waals surface area contributed by atoms with Crippen molar-refractivity contribution in [2.24, 2.45) is 0 Å². The Bertz CT molecular complexity index is 552. The quantitative estimate of drug-likeness (QED) is 0.801. The summed E-state index contributed by atoms with van der Waals surface area (Å²) in [7, 11) is 1.66. The van der Waals surface area contributed by atoms with Gasteiger partial charge in [-0.15, -0.1) is 0 Å². The first-order chi connectivity index (χ1) is 9.22. The normalized spacial score (nSPS) is 10.3. The fraction of sp³-hybridized carbons (Fsp3) is 0.250. The number of hydrogen-bond acceptors (Lipinski definition) is 2. The summed E-state index contributed by atoms with van der Waals surface area (Å²) >= 11 is 3.48. The van der Waals surface area contributed by atoms with Crippen LogP contribution >= 0.6 is 15.9 Å². The molecule has 2 aromatic carbocycles. The Kier molecular flexibility index (Phi) is 4.86. The van der Waals surface area contributed by atoms with E-state index in [-0.39, 0.29) is 0 Å². The van der Waals surface area contributed by atoms with Crippen LogP contribution in [-0.2, 0) is 13.0 Å².